The van der Waals surface area contributed by atoms with Crippen molar-refractivity contribution >= 4 is 46.8 Å². The third-order valence-electron chi connectivity index (χ3n) is 4.62. The van der Waals surface area contributed by atoms with Crippen molar-refractivity contribution in [3.05, 3.63) is 80.4 Å². The van der Waals surface area contributed by atoms with E-state index in [0.717, 1.165) is 22.4 Å². The van der Waals surface area contributed by atoms with Crippen molar-refractivity contribution in [1.82, 2.24) is 10.1 Å². The number of fused-ring (bicyclic) bond motifs is 1. The third kappa shape index (κ3) is 3.95. The first-order valence-electron chi connectivity index (χ1n) is 8.66. The molecule has 2 heterocycles. The topological polar surface area (TPSA) is 46.3 Å². The molecule has 0 saturated heterocycles. The van der Waals surface area contributed by atoms with Gasteiger partial charge in [-0.3, -0.25) is 4.79 Å². The van der Waals surface area contributed by atoms with Gasteiger partial charge in [-0.05, 0) is 48.0 Å². The van der Waals surface area contributed by atoms with Crippen LogP contribution < -0.4 is 0 Å². The molecule has 0 saturated carbocycles. The van der Waals surface area contributed by atoms with Crippen LogP contribution >= 0.6 is 34.8 Å². The maximum absolute atomic E-state index is 12.7. The number of aromatic nitrogens is 1. The summed E-state index contributed by atoms with van der Waals surface area (Å²) in [5, 5.41) is 5.76. The van der Waals surface area contributed by atoms with Crippen molar-refractivity contribution in [3.63, 3.8) is 0 Å². The fraction of sp³-hybridized carbons (Fsp3) is 0.143. The highest BCUT2D eigenvalue weighted by atomic mass is 35.5. The number of carbonyl (C=O) groups is 1. The molecule has 1 amide bonds. The van der Waals surface area contributed by atoms with Crippen LogP contribution in [-0.2, 0) is 17.8 Å². The lowest BCUT2D eigenvalue weighted by molar-refractivity contribution is -0.126. The maximum atomic E-state index is 12.7. The minimum atomic E-state index is -0.0834. The second kappa shape index (κ2) is 8.00. The van der Waals surface area contributed by atoms with Gasteiger partial charge in [0.05, 0.1) is 22.3 Å². The first-order valence-corrected chi connectivity index (χ1v) is 9.80. The van der Waals surface area contributed by atoms with E-state index in [4.69, 9.17) is 39.3 Å². The van der Waals surface area contributed by atoms with Crippen LogP contribution in [0.15, 0.2) is 53.1 Å². The Hall–Kier alpha value is -2.27. The molecule has 0 N–H and O–H groups in total. The van der Waals surface area contributed by atoms with Crippen molar-refractivity contribution in [2.75, 3.05) is 6.54 Å². The van der Waals surface area contributed by atoms with Crippen molar-refractivity contribution in [2.45, 2.75) is 13.0 Å². The van der Waals surface area contributed by atoms with Crippen LogP contribution in [0, 0.1) is 0 Å². The van der Waals surface area contributed by atoms with Crippen LogP contribution in [-0.4, -0.2) is 22.5 Å². The van der Waals surface area contributed by atoms with E-state index in [2.05, 4.69) is 5.16 Å². The molecule has 4 rings (SSSR count). The van der Waals surface area contributed by atoms with Gasteiger partial charge in [-0.25, -0.2) is 0 Å². The Morgan fingerprint density at radius 1 is 1.07 bits per heavy atom. The zero-order valence-electron chi connectivity index (χ0n) is 14.7. The quantitative estimate of drug-likeness (QED) is 0.483. The molecule has 1 aromatic heterocycles. The fourth-order valence-corrected chi connectivity index (χ4v) is 3.55. The molecular weight excluding hydrogens is 419 g/mol. The molecule has 28 heavy (non-hydrogen) atoms. The van der Waals surface area contributed by atoms with Crippen molar-refractivity contribution < 1.29 is 9.32 Å². The Labute approximate surface area is 177 Å². The molecule has 7 heteroatoms. The van der Waals surface area contributed by atoms with Gasteiger partial charge in [-0.2, -0.15) is 0 Å². The Morgan fingerprint density at radius 2 is 1.86 bits per heavy atom. The van der Waals surface area contributed by atoms with E-state index in [0.29, 0.717) is 40.3 Å². The van der Waals surface area contributed by atoms with E-state index in [9.17, 15) is 4.79 Å². The van der Waals surface area contributed by atoms with E-state index >= 15 is 0 Å². The molecule has 0 unspecified atom stereocenters. The van der Waals surface area contributed by atoms with Gasteiger partial charge in [0, 0.05) is 35.2 Å². The average molecular weight is 434 g/mol. The highest BCUT2D eigenvalue weighted by molar-refractivity contribution is 6.42. The number of carbonyl (C=O) groups excluding carboxylic acids is 1. The Morgan fingerprint density at radius 3 is 2.61 bits per heavy atom. The van der Waals surface area contributed by atoms with E-state index in [1.54, 1.807) is 41.3 Å². The van der Waals surface area contributed by atoms with Crippen LogP contribution in [0.5, 0.6) is 0 Å². The normalized spacial score (nSPS) is 13.8. The van der Waals surface area contributed by atoms with E-state index in [1.165, 1.54) is 0 Å². The van der Waals surface area contributed by atoms with Gasteiger partial charge in [-0.15, -0.1) is 0 Å². The van der Waals surface area contributed by atoms with Gasteiger partial charge >= 0.3 is 0 Å². The number of rotatable bonds is 3. The predicted molar refractivity (Wildman–Crippen MR) is 112 cm³/mol. The number of amides is 1. The molecule has 0 radical (unpaired) electrons. The minimum Gasteiger partial charge on any atom is -0.356 e. The number of nitrogens with zero attached hydrogens (tertiary/aromatic N) is 2. The first kappa shape index (κ1) is 19.1. The summed E-state index contributed by atoms with van der Waals surface area (Å²) in [5.74, 6) is 0.595. The molecule has 4 nitrogen and oxygen atoms in total. The Bertz CT molecular complexity index is 1060. The predicted octanol–water partition coefficient (Wildman–Crippen LogP) is 5.90. The Balaban J connectivity index is 1.52. The first-order chi connectivity index (χ1) is 13.5. The lowest BCUT2D eigenvalue weighted by Gasteiger charge is -2.25. The molecule has 0 bridgehead atoms. The molecule has 3 aromatic rings. The molecule has 0 fully saturated rings. The van der Waals surface area contributed by atoms with Crippen LogP contribution in [0.25, 0.3) is 17.4 Å². The third-order valence-corrected chi connectivity index (χ3v) is 5.61. The lowest BCUT2D eigenvalue weighted by atomic mass is 10.0. The smallest absolute Gasteiger partial charge is 0.246 e. The van der Waals surface area contributed by atoms with Crippen molar-refractivity contribution in [1.29, 1.82) is 0 Å². The van der Waals surface area contributed by atoms with Crippen LogP contribution in [0.3, 0.4) is 0 Å². The standard InChI is InChI=1S/C21H15Cl3N2O2/c22-15-5-3-14(4-6-15)21-16-12-26(10-9-19(16)25-28-21)20(27)8-2-13-1-7-17(23)18(24)11-13/h1-8,11H,9-10,12H2/b8-2+. The number of hydrogen-bond acceptors (Lipinski definition) is 3. The van der Waals surface area contributed by atoms with E-state index in [-0.39, 0.29) is 5.91 Å². The van der Waals surface area contributed by atoms with Gasteiger partial charge < -0.3 is 9.42 Å². The van der Waals surface area contributed by atoms with Crippen LogP contribution in [0.1, 0.15) is 16.8 Å². The summed E-state index contributed by atoms with van der Waals surface area (Å²) in [6, 6.07) is 12.6. The number of halogens is 3. The monoisotopic (exact) mass is 432 g/mol. The second-order valence-corrected chi connectivity index (χ2v) is 7.71. The second-order valence-electron chi connectivity index (χ2n) is 6.46. The lowest BCUT2D eigenvalue weighted by Crippen LogP contribution is -2.34. The van der Waals surface area contributed by atoms with Crippen LogP contribution in [0.4, 0.5) is 0 Å². The van der Waals surface area contributed by atoms with Gasteiger partial charge in [0.15, 0.2) is 5.76 Å². The molecule has 2 aromatic carbocycles. The molecule has 0 spiro atoms. The van der Waals surface area contributed by atoms with Crippen molar-refractivity contribution in [3.8, 4) is 11.3 Å². The van der Waals surface area contributed by atoms with Crippen molar-refractivity contribution in [2.24, 2.45) is 0 Å². The van der Waals surface area contributed by atoms with E-state index in [1.807, 2.05) is 18.2 Å². The highest BCUT2D eigenvalue weighted by Crippen LogP contribution is 2.31. The largest absolute Gasteiger partial charge is 0.356 e. The van der Waals surface area contributed by atoms with Gasteiger partial charge in [0.25, 0.3) is 0 Å². The maximum Gasteiger partial charge on any atom is 0.246 e. The zero-order chi connectivity index (χ0) is 19.7. The average Bonchev–Trinajstić information content (AvgIpc) is 3.12. The summed E-state index contributed by atoms with van der Waals surface area (Å²) >= 11 is 17.9. The summed E-state index contributed by atoms with van der Waals surface area (Å²) in [6.45, 7) is 1.03. The molecule has 0 aliphatic carbocycles. The highest BCUT2D eigenvalue weighted by Gasteiger charge is 2.26. The number of benzene rings is 2. The van der Waals surface area contributed by atoms with Gasteiger partial charge in [-0.1, -0.05) is 46.0 Å². The summed E-state index contributed by atoms with van der Waals surface area (Å²) in [7, 11) is 0. The van der Waals surface area contributed by atoms with Gasteiger partial charge in [0.1, 0.15) is 0 Å². The molecule has 1 aliphatic rings. The van der Waals surface area contributed by atoms with Gasteiger partial charge in [0.2, 0.25) is 5.91 Å². The zero-order valence-corrected chi connectivity index (χ0v) is 16.9. The molecular formula is C21H15Cl3N2O2. The minimum absolute atomic E-state index is 0.0834. The molecule has 0 atom stereocenters. The summed E-state index contributed by atoms with van der Waals surface area (Å²) in [5.41, 5.74) is 3.53. The van der Waals surface area contributed by atoms with E-state index < -0.39 is 0 Å². The van der Waals surface area contributed by atoms with Crippen LogP contribution in [0.2, 0.25) is 15.1 Å². The summed E-state index contributed by atoms with van der Waals surface area (Å²) < 4.78 is 5.55. The Kier molecular flexibility index (Phi) is 5.44. The SMILES string of the molecule is O=C(/C=C/c1ccc(Cl)c(Cl)c1)N1CCc2noc(-c3ccc(Cl)cc3)c2C1. The summed E-state index contributed by atoms with van der Waals surface area (Å²) in [6.07, 6.45) is 3.92. The number of hydrogen-bond donors (Lipinski definition) is 0. The fourth-order valence-electron chi connectivity index (χ4n) is 3.12. The molecule has 142 valence electrons. The summed E-state index contributed by atoms with van der Waals surface area (Å²) in [4.78, 5) is 14.4. The molecule has 1 aliphatic heterocycles.